The summed E-state index contributed by atoms with van der Waals surface area (Å²) in [6.45, 7) is 1.82. The third-order valence-electron chi connectivity index (χ3n) is 4.05. The molecule has 1 amide bonds. The summed E-state index contributed by atoms with van der Waals surface area (Å²) in [5, 5.41) is 14.2. The van der Waals surface area contributed by atoms with Gasteiger partial charge in [-0.25, -0.2) is 4.98 Å². The number of benzene rings is 2. The molecule has 1 unspecified atom stereocenters. The standard InChI is InChI=1S/C20H21N5O3/c1-13(22-19(26)14-5-4-6-17(11-14)28-3)18-12-21-20(25-24-18)23-15-7-9-16(27-2)10-8-15/h4-13H,1-3H3,(H,22,26)(H,21,23,25). The van der Waals surface area contributed by atoms with E-state index in [-0.39, 0.29) is 11.9 Å². The van der Waals surface area contributed by atoms with Crippen molar-refractivity contribution in [3.05, 3.63) is 66.0 Å². The van der Waals surface area contributed by atoms with Crippen LogP contribution in [0.1, 0.15) is 29.0 Å². The fraction of sp³-hybridized carbons (Fsp3) is 0.200. The second-order valence-electron chi connectivity index (χ2n) is 5.99. The minimum absolute atomic E-state index is 0.228. The number of methoxy groups -OCH3 is 2. The van der Waals surface area contributed by atoms with Crippen molar-refractivity contribution in [2.24, 2.45) is 0 Å². The van der Waals surface area contributed by atoms with Gasteiger partial charge in [0.2, 0.25) is 5.95 Å². The van der Waals surface area contributed by atoms with E-state index in [1.54, 1.807) is 44.7 Å². The Morgan fingerprint density at radius 1 is 1.00 bits per heavy atom. The molecule has 0 bridgehead atoms. The van der Waals surface area contributed by atoms with Crippen LogP contribution in [0, 0.1) is 0 Å². The molecule has 0 spiro atoms. The van der Waals surface area contributed by atoms with Crippen LogP contribution in [-0.2, 0) is 0 Å². The Labute approximate surface area is 162 Å². The van der Waals surface area contributed by atoms with Gasteiger partial charge in [-0.3, -0.25) is 4.79 Å². The first-order valence-electron chi connectivity index (χ1n) is 8.64. The molecule has 144 valence electrons. The van der Waals surface area contributed by atoms with E-state index in [4.69, 9.17) is 9.47 Å². The Balaban J connectivity index is 1.62. The Kier molecular flexibility index (Phi) is 6.01. The van der Waals surface area contributed by atoms with E-state index in [2.05, 4.69) is 25.8 Å². The fourth-order valence-corrected chi connectivity index (χ4v) is 2.46. The Bertz CT molecular complexity index is 929. The maximum Gasteiger partial charge on any atom is 0.251 e. The summed E-state index contributed by atoms with van der Waals surface area (Å²) in [6, 6.07) is 14.0. The van der Waals surface area contributed by atoms with Crippen molar-refractivity contribution in [1.82, 2.24) is 20.5 Å². The predicted octanol–water partition coefficient (Wildman–Crippen LogP) is 3.12. The second-order valence-corrected chi connectivity index (χ2v) is 5.99. The van der Waals surface area contributed by atoms with Crippen LogP contribution in [0.4, 0.5) is 11.6 Å². The third-order valence-corrected chi connectivity index (χ3v) is 4.05. The lowest BCUT2D eigenvalue weighted by Crippen LogP contribution is -2.27. The summed E-state index contributed by atoms with van der Waals surface area (Å²) < 4.78 is 10.3. The zero-order chi connectivity index (χ0) is 19.9. The van der Waals surface area contributed by atoms with Gasteiger partial charge < -0.3 is 20.1 Å². The molecule has 0 saturated heterocycles. The van der Waals surface area contributed by atoms with Crippen molar-refractivity contribution in [2.75, 3.05) is 19.5 Å². The minimum Gasteiger partial charge on any atom is -0.497 e. The highest BCUT2D eigenvalue weighted by Gasteiger charge is 2.14. The molecular formula is C20H21N5O3. The van der Waals surface area contributed by atoms with Gasteiger partial charge in [0.25, 0.3) is 5.91 Å². The van der Waals surface area contributed by atoms with Crippen molar-refractivity contribution in [3.63, 3.8) is 0 Å². The number of hydrogen-bond donors (Lipinski definition) is 2. The van der Waals surface area contributed by atoms with Gasteiger partial charge in [0, 0.05) is 11.3 Å². The van der Waals surface area contributed by atoms with Crippen LogP contribution in [0.3, 0.4) is 0 Å². The molecule has 0 aliphatic carbocycles. The van der Waals surface area contributed by atoms with E-state index in [0.29, 0.717) is 23.0 Å². The molecule has 3 rings (SSSR count). The van der Waals surface area contributed by atoms with Gasteiger partial charge in [-0.05, 0) is 49.4 Å². The minimum atomic E-state index is -0.353. The monoisotopic (exact) mass is 379 g/mol. The van der Waals surface area contributed by atoms with Gasteiger partial charge in [0.15, 0.2) is 0 Å². The van der Waals surface area contributed by atoms with E-state index in [1.165, 1.54) is 0 Å². The average Bonchev–Trinajstić information content (AvgIpc) is 2.74. The number of hydrogen-bond acceptors (Lipinski definition) is 7. The van der Waals surface area contributed by atoms with Crippen molar-refractivity contribution in [2.45, 2.75) is 13.0 Å². The molecule has 2 N–H and O–H groups in total. The van der Waals surface area contributed by atoms with E-state index in [1.807, 2.05) is 31.2 Å². The molecule has 2 aromatic carbocycles. The van der Waals surface area contributed by atoms with Crippen molar-refractivity contribution in [1.29, 1.82) is 0 Å². The zero-order valence-electron chi connectivity index (χ0n) is 15.8. The second kappa shape index (κ2) is 8.81. The average molecular weight is 379 g/mol. The first kappa shape index (κ1) is 19.1. The summed E-state index contributed by atoms with van der Waals surface area (Å²) in [4.78, 5) is 16.7. The summed E-state index contributed by atoms with van der Waals surface area (Å²) >= 11 is 0. The van der Waals surface area contributed by atoms with Crippen molar-refractivity contribution < 1.29 is 14.3 Å². The number of rotatable bonds is 7. The van der Waals surface area contributed by atoms with Gasteiger partial charge in [0.05, 0.1) is 26.5 Å². The van der Waals surface area contributed by atoms with Crippen LogP contribution in [-0.4, -0.2) is 35.3 Å². The Morgan fingerprint density at radius 2 is 1.75 bits per heavy atom. The van der Waals surface area contributed by atoms with Crippen molar-refractivity contribution >= 4 is 17.5 Å². The quantitative estimate of drug-likeness (QED) is 0.651. The molecular weight excluding hydrogens is 358 g/mol. The third kappa shape index (κ3) is 4.73. The van der Waals surface area contributed by atoms with Crippen LogP contribution in [0.15, 0.2) is 54.7 Å². The highest BCUT2D eigenvalue weighted by Crippen LogP contribution is 2.18. The number of anilines is 2. The number of nitrogens with zero attached hydrogens (tertiary/aromatic N) is 3. The van der Waals surface area contributed by atoms with Gasteiger partial charge >= 0.3 is 0 Å². The van der Waals surface area contributed by atoms with Crippen LogP contribution in [0.2, 0.25) is 0 Å². The Hall–Kier alpha value is -3.68. The molecule has 1 heterocycles. The number of carbonyl (C=O) groups is 1. The lowest BCUT2D eigenvalue weighted by atomic mass is 10.1. The summed E-state index contributed by atoms with van der Waals surface area (Å²) in [7, 11) is 3.17. The molecule has 1 atom stereocenters. The molecule has 0 aliphatic heterocycles. The predicted molar refractivity (Wildman–Crippen MR) is 105 cm³/mol. The van der Waals surface area contributed by atoms with Crippen LogP contribution < -0.4 is 20.1 Å². The highest BCUT2D eigenvalue weighted by atomic mass is 16.5. The Morgan fingerprint density at radius 3 is 2.39 bits per heavy atom. The molecule has 28 heavy (non-hydrogen) atoms. The highest BCUT2D eigenvalue weighted by molar-refractivity contribution is 5.94. The number of amides is 1. The molecule has 3 aromatic rings. The molecule has 8 heteroatoms. The number of nitrogens with one attached hydrogen (secondary N) is 2. The molecule has 0 radical (unpaired) electrons. The van der Waals surface area contributed by atoms with Gasteiger partial charge in [0.1, 0.15) is 17.2 Å². The molecule has 8 nitrogen and oxygen atoms in total. The molecule has 0 saturated carbocycles. The largest absolute Gasteiger partial charge is 0.497 e. The van der Waals surface area contributed by atoms with E-state index >= 15 is 0 Å². The zero-order valence-corrected chi connectivity index (χ0v) is 15.8. The lowest BCUT2D eigenvalue weighted by molar-refractivity contribution is 0.0938. The topological polar surface area (TPSA) is 98.3 Å². The molecule has 0 fully saturated rings. The summed E-state index contributed by atoms with van der Waals surface area (Å²) in [6.07, 6.45) is 1.58. The maximum atomic E-state index is 12.4. The van der Waals surface area contributed by atoms with Gasteiger partial charge in [-0.1, -0.05) is 6.07 Å². The van der Waals surface area contributed by atoms with Gasteiger partial charge in [-0.15, -0.1) is 10.2 Å². The van der Waals surface area contributed by atoms with Crippen molar-refractivity contribution in [3.8, 4) is 11.5 Å². The van der Waals surface area contributed by atoms with Crippen LogP contribution in [0.25, 0.3) is 0 Å². The van der Waals surface area contributed by atoms with E-state index < -0.39 is 0 Å². The van der Waals surface area contributed by atoms with E-state index in [0.717, 1.165) is 11.4 Å². The van der Waals surface area contributed by atoms with Crippen LogP contribution >= 0.6 is 0 Å². The number of ether oxygens (including phenoxy) is 2. The lowest BCUT2D eigenvalue weighted by Gasteiger charge is -2.13. The fourth-order valence-electron chi connectivity index (χ4n) is 2.46. The molecule has 0 aliphatic rings. The van der Waals surface area contributed by atoms with Gasteiger partial charge in [-0.2, -0.15) is 0 Å². The first-order valence-corrected chi connectivity index (χ1v) is 8.64. The molecule has 1 aromatic heterocycles. The number of carbonyl (C=O) groups excluding carboxylic acids is 1. The first-order chi connectivity index (χ1) is 13.6. The normalized spacial score (nSPS) is 11.4. The summed E-state index contributed by atoms with van der Waals surface area (Å²) in [5.74, 6) is 1.52. The van der Waals surface area contributed by atoms with E-state index in [9.17, 15) is 4.79 Å². The summed E-state index contributed by atoms with van der Waals surface area (Å²) in [5.41, 5.74) is 1.87. The SMILES string of the molecule is COc1ccc(Nc2ncc(C(C)NC(=O)c3cccc(OC)c3)nn2)cc1. The number of aromatic nitrogens is 3. The van der Waals surface area contributed by atoms with Crippen LogP contribution in [0.5, 0.6) is 11.5 Å². The maximum absolute atomic E-state index is 12.4. The smallest absolute Gasteiger partial charge is 0.251 e.